The molecule has 1 aromatic carbocycles. The predicted molar refractivity (Wildman–Crippen MR) is 80.7 cm³/mol. The summed E-state index contributed by atoms with van der Waals surface area (Å²) in [7, 11) is 1.55. The van der Waals surface area contributed by atoms with Crippen LogP contribution < -0.4 is 11.1 Å². The highest BCUT2D eigenvalue weighted by Crippen LogP contribution is 2.11. The molecule has 4 N–H and O–H groups in total. The lowest BCUT2D eigenvalue weighted by Crippen LogP contribution is -2.47. The molecule has 0 saturated carbocycles. The molecule has 1 rings (SSSR count). The molecule has 6 nitrogen and oxygen atoms in total. The summed E-state index contributed by atoms with van der Waals surface area (Å²) in [4.78, 5) is 25.0. The van der Waals surface area contributed by atoms with Gasteiger partial charge in [0.1, 0.15) is 5.75 Å². The summed E-state index contributed by atoms with van der Waals surface area (Å²) in [5.41, 5.74) is 6.74. The van der Waals surface area contributed by atoms with Gasteiger partial charge in [0.25, 0.3) is 0 Å². The number of nitrogens with zero attached hydrogens (tertiary/aromatic N) is 1. The topological polar surface area (TPSA) is 95.7 Å². The van der Waals surface area contributed by atoms with Crippen LogP contribution in [0.15, 0.2) is 24.3 Å². The van der Waals surface area contributed by atoms with E-state index in [4.69, 9.17) is 5.73 Å². The Bertz CT molecular complexity index is 485. The number of rotatable bonds is 6. The molecule has 0 fully saturated rings. The number of benzene rings is 1. The lowest BCUT2D eigenvalue weighted by atomic mass is 10.1. The van der Waals surface area contributed by atoms with E-state index < -0.39 is 6.04 Å². The maximum absolute atomic E-state index is 12.1. The Balaban J connectivity index is 2.53. The molecule has 1 aromatic rings. The average molecular weight is 293 g/mol. The SMILES string of the molecule is CC(C)NC(=O)CN(C)C(=O)C(N)Cc1ccc(O)cc1. The molecular weight excluding hydrogens is 270 g/mol. The fourth-order valence-corrected chi connectivity index (χ4v) is 1.92. The number of hydrogen-bond donors (Lipinski definition) is 3. The Morgan fingerprint density at radius 3 is 2.38 bits per heavy atom. The van der Waals surface area contributed by atoms with Gasteiger partial charge >= 0.3 is 0 Å². The van der Waals surface area contributed by atoms with Gasteiger partial charge in [-0.05, 0) is 38.0 Å². The summed E-state index contributed by atoms with van der Waals surface area (Å²) in [6.07, 6.45) is 0.356. The molecule has 0 aliphatic rings. The van der Waals surface area contributed by atoms with Crippen molar-refractivity contribution in [2.24, 2.45) is 5.73 Å². The summed E-state index contributed by atoms with van der Waals surface area (Å²) >= 11 is 0. The fourth-order valence-electron chi connectivity index (χ4n) is 1.92. The number of phenolic OH excluding ortho intramolecular Hbond substituents is 1. The highest BCUT2D eigenvalue weighted by atomic mass is 16.3. The molecule has 0 aromatic heterocycles. The lowest BCUT2D eigenvalue weighted by Gasteiger charge is -2.21. The number of phenols is 1. The van der Waals surface area contributed by atoms with Crippen molar-refractivity contribution in [2.45, 2.75) is 32.4 Å². The first-order valence-electron chi connectivity index (χ1n) is 6.87. The molecule has 6 heteroatoms. The van der Waals surface area contributed by atoms with Crippen LogP contribution in [0.3, 0.4) is 0 Å². The molecule has 0 saturated heterocycles. The van der Waals surface area contributed by atoms with E-state index >= 15 is 0 Å². The molecule has 0 heterocycles. The second-order valence-electron chi connectivity index (χ2n) is 5.39. The van der Waals surface area contributed by atoms with E-state index in [-0.39, 0.29) is 30.2 Å². The Morgan fingerprint density at radius 2 is 1.86 bits per heavy atom. The first kappa shape index (κ1) is 17.0. The number of hydrogen-bond acceptors (Lipinski definition) is 4. The van der Waals surface area contributed by atoms with E-state index in [1.165, 1.54) is 4.90 Å². The van der Waals surface area contributed by atoms with Crippen molar-refractivity contribution < 1.29 is 14.7 Å². The predicted octanol–water partition coefficient (Wildman–Crippen LogP) is 0.245. The fraction of sp³-hybridized carbons (Fsp3) is 0.467. The van der Waals surface area contributed by atoms with E-state index in [1.807, 2.05) is 13.8 Å². The quantitative estimate of drug-likeness (QED) is 0.700. The first-order chi connectivity index (χ1) is 9.79. The zero-order valence-corrected chi connectivity index (χ0v) is 12.7. The third kappa shape index (κ3) is 5.83. The van der Waals surface area contributed by atoms with Gasteiger partial charge in [0.15, 0.2) is 0 Å². The van der Waals surface area contributed by atoms with Crippen LogP contribution in [0, 0.1) is 0 Å². The van der Waals surface area contributed by atoms with Crippen molar-refractivity contribution >= 4 is 11.8 Å². The Morgan fingerprint density at radius 1 is 1.29 bits per heavy atom. The van der Waals surface area contributed by atoms with E-state index in [0.29, 0.717) is 6.42 Å². The van der Waals surface area contributed by atoms with Gasteiger partial charge in [-0.15, -0.1) is 0 Å². The summed E-state index contributed by atoms with van der Waals surface area (Å²) in [6, 6.07) is 5.85. The summed E-state index contributed by atoms with van der Waals surface area (Å²) < 4.78 is 0. The van der Waals surface area contributed by atoms with Crippen LogP contribution in [0.25, 0.3) is 0 Å². The molecule has 0 radical (unpaired) electrons. The van der Waals surface area contributed by atoms with Crippen molar-refractivity contribution in [1.82, 2.24) is 10.2 Å². The number of likely N-dealkylation sites (N-methyl/N-ethyl adjacent to an activating group) is 1. The third-order valence-electron chi connectivity index (χ3n) is 2.92. The molecule has 1 atom stereocenters. The van der Waals surface area contributed by atoms with Crippen LogP contribution in [0.4, 0.5) is 0 Å². The number of nitrogens with one attached hydrogen (secondary N) is 1. The normalized spacial score (nSPS) is 12.0. The maximum atomic E-state index is 12.1. The van der Waals surface area contributed by atoms with Gasteiger partial charge < -0.3 is 21.1 Å². The van der Waals surface area contributed by atoms with E-state index in [1.54, 1.807) is 31.3 Å². The van der Waals surface area contributed by atoms with Crippen molar-refractivity contribution in [3.05, 3.63) is 29.8 Å². The number of carbonyl (C=O) groups is 2. The van der Waals surface area contributed by atoms with Gasteiger partial charge in [-0.2, -0.15) is 0 Å². The molecule has 1 unspecified atom stereocenters. The number of amides is 2. The zero-order chi connectivity index (χ0) is 16.0. The zero-order valence-electron chi connectivity index (χ0n) is 12.7. The second-order valence-corrected chi connectivity index (χ2v) is 5.39. The molecule has 116 valence electrons. The van der Waals surface area contributed by atoms with Crippen LogP contribution in [0.1, 0.15) is 19.4 Å². The minimum absolute atomic E-state index is 0.0136. The second kappa shape index (κ2) is 7.64. The van der Waals surface area contributed by atoms with Gasteiger partial charge in [-0.1, -0.05) is 12.1 Å². The van der Waals surface area contributed by atoms with Gasteiger partial charge in [0.05, 0.1) is 12.6 Å². The van der Waals surface area contributed by atoms with Crippen molar-refractivity contribution in [3.63, 3.8) is 0 Å². The Labute approximate surface area is 124 Å². The molecule has 21 heavy (non-hydrogen) atoms. The van der Waals surface area contributed by atoms with Crippen molar-refractivity contribution in [1.29, 1.82) is 0 Å². The highest BCUT2D eigenvalue weighted by Gasteiger charge is 2.20. The van der Waals surface area contributed by atoms with E-state index in [0.717, 1.165) is 5.56 Å². The minimum atomic E-state index is -0.716. The van der Waals surface area contributed by atoms with Gasteiger partial charge in [-0.3, -0.25) is 9.59 Å². The summed E-state index contributed by atoms with van der Waals surface area (Å²) in [5, 5.41) is 11.9. The molecular formula is C15H23N3O3. The minimum Gasteiger partial charge on any atom is -0.508 e. The molecule has 0 aliphatic carbocycles. The maximum Gasteiger partial charge on any atom is 0.240 e. The molecule has 0 spiro atoms. The van der Waals surface area contributed by atoms with Crippen molar-refractivity contribution in [3.8, 4) is 5.75 Å². The third-order valence-corrected chi connectivity index (χ3v) is 2.92. The lowest BCUT2D eigenvalue weighted by molar-refractivity contribution is -0.135. The number of nitrogens with two attached hydrogens (primary N) is 1. The van der Waals surface area contributed by atoms with Crippen LogP contribution in [-0.2, 0) is 16.0 Å². The Kier molecular flexibility index (Phi) is 6.17. The number of aromatic hydroxyl groups is 1. The van der Waals surface area contributed by atoms with Gasteiger partial charge in [0, 0.05) is 13.1 Å². The monoisotopic (exact) mass is 293 g/mol. The van der Waals surface area contributed by atoms with Gasteiger partial charge in [0.2, 0.25) is 11.8 Å². The highest BCUT2D eigenvalue weighted by molar-refractivity contribution is 5.87. The molecule has 0 bridgehead atoms. The standard InChI is InChI=1S/C15H23N3O3/c1-10(2)17-14(20)9-18(3)15(21)13(16)8-11-4-6-12(19)7-5-11/h4-7,10,13,19H,8-9,16H2,1-3H3,(H,17,20). The summed E-state index contributed by atoms with van der Waals surface area (Å²) in [6.45, 7) is 3.70. The molecule has 2 amide bonds. The van der Waals surface area contributed by atoms with Crippen LogP contribution in [0.5, 0.6) is 5.75 Å². The first-order valence-corrected chi connectivity index (χ1v) is 6.87. The largest absolute Gasteiger partial charge is 0.508 e. The molecule has 0 aliphatic heterocycles. The van der Waals surface area contributed by atoms with Crippen molar-refractivity contribution in [2.75, 3.05) is 13.6 Å². The van der Waals surface area contributed by atoms with Crippen LogP contribution in [0.2, 0.25) is 0 Å². The van der Waals surface area contributed by atoms with Crippen LogP contribution in [-0.4, -0.2) is 47.5 Å². The van der Waals surface area contributed by atoms with Gasteiger partial charge in [-0.25, -0.2) is 0 Å². The average Bonchev–Trinajstić information content (AvgIpc) is 2.39. The van der Waals surface area contributed by atoms with E-state index in [2.05, 4.69) is 5.32 Å². The summed E-state index contributed by atoms with van der Waals surface area (Å²) in [5.74, 6) is -0.333. The smallest absolute Gasteiger partial charge is 0.240 e. The van der Waals surface area contributed by atoms with Crippen LogP contribution >= 0.6 is 0 Å². The Hall–Kier alpha value is -2.08. The van der Waals surface area contributed by atoms with E-state index in [9.17, 15) is 14.7 Å². The number of carbonyl (C=O) groups excluding carboxylic acids is 2.